The van der Waals surface area contributed by atoms with Crippen LogP contribution in [0.4, 0.5) is 0 Å². The van der Waals surface area contributed by atoms with Crippen molar-refractivity contribution in [1.82, 2.24) is 25.5 Å². The molecule has 35 heavy (non-hydrogen) atoms. The van der Waals surface area contributed by atoms with E-state index >= 15 is 0 Å². The first-order valence-corrected chi connectivity index (χ1v) is 11.2. The number of nitrogens with zero attached hydrogens (tertiary/aromatic N) is 3. The van der Waals surface area contributed by atoms with Crippen LogP contribution in [0.25, 0.3) is 0 Å². The molecule has 11 N–H and O–H groups in total. The molecule has 0 radical (unpaired) electrons. The lowest BCUT2D eigenvalue weighted by Crippen LogP contribution is -2.57. The molecule has 0 saturated carbocycles. The van der Waals surface area contributed by atoms with Crippen molar-refractivity contribution >= 4 is 29.7 Å². The summed E-state index contributed by atoms with van der Waals surface area (Å²) < 4.78 is 0. The lowest BCUT2D eigenvalue weighted by atomic mass is 10.1. The predicted octanol–water partition coefficient (Wildman–Crippen LogP) is -3.63. The molecule has 4 atom stereocenters. The predicted molar refractivity (Wildman–Crippen MR) is 123 cm³/mol. The van der Waals surface area contributed by atoms with Gasteiger partial charge < -0.3 is 47.9 Å². The van der Waals surface area contributed by atoms with Gasteiger partial charge in [-0.1, -0.05) is 0 Å². The monoisotopic (exact) mass is 495 g/mol. The molecule has 1 aliphatic heterocycles. The van der Waals surface area contributed by atoms with E-state index in [0.717, 1.165) is 0 Å². The first-order chi connectivity index (χ1) is 16.6. The Bertz CT molecular complexity index is 903. The van der Waals surface area contributed by atoms with Crippen LogP contribution in [0, 0.1) is 0 Å². The van der Waals surface area contributed by atoms with E-state index in [1.807, 2.05) is 0 Å². The Morgan fingerprint density at radius 1 is 1.26 bits per heavy atom. The number of aliphatic imine (C=N–C) groups is 1. The molecule has 1 aromatic rings. The van der Waals surface area contributed by atoms with Crippen LogP contribution in [-0.2, 0) is 25.6 Å². The number of aromatic nitrogens is 2. The number of H-pyrrole nitrogens is 1. The Hall–Kier alpha value is -3.72. The smallest absolute Gasteiger partial charge is 0.326 e. The summed E-state index contributed by atoms with van der Waals surface area (Å²) in [5.74, 6) is -3.28. The van der Waals surface area contributed by atoms with Gasteiger partial charge >= 0.3 is 5.97 Å². The Labute approximate surface area is 201 Å². The molecule has 194 valence electrons. The summed E-state index contributed by atoms with van der Waals surface area (Å²) in [5.41, 5.74) is 17.0. The maximum Gasteiger partial charge on any atom is 0.326 e. The van der Waals surface area contributed by atoms with Gasteiger partial charge in [0.2, 0.25) is 17.7 Å². The van der Waals surface area contributed by atoms with E-state index in [0.29, 0.717) is 44.5 Å². The number of aliphatic hydroxyl groups excluding tert-OH is 1. The SMILES string of the molecule is NC(N)=NCCCC(N)C(=O)N1CCCC1C(=O)NC(CO)C(=O)NC(Cc1cnc[nH]1)C(=O)O. The van der Waals surface area contributed by atoms with Crippen LogP contribution >= 0.6 is 0 Å². The summed E-state index contributed by atoms with van der Waals surface area (Å²) in [6.45, 7) is -0.128. The standard InChI is InChI=1S/C20H33N9O6/c21-12(3-1-5-25-20(22)23)18(33)29-6-2-4-15(29)17(32)28-14(9-30)16(31)27-13(19(34)35)7-11-8-24-10-26-11/h8,10,12-15,30H,1-7,9,21H2,(H,24,26)(H,27,31)(H,28,32)(H,34,35)(H4,22,23,25). The minimum Gasteiger partial charge on any atom is -0.480 e. The largest absolute Gasteiger partial charge is 0.480 e. The molecule has 3 amide bonds. The summed E-state index contributed by atoms with van der Waals surface area (Å²) in [5, 5.41) is 23.8. The van der Waals surface area contributed by atoms with Gasteiger partial charge in [-0.3, -0.25) is 19.4 Å². The molecular formula is C20H33N9O6. The normalized spacial score (nSPS) is 17.8. The molecule has 0 spiro atoms. The van der Waals surface area contributed by atoms with E-state index in [2.05, 4.69) is 25.6 Å². The number of imidazole rings is 1. The number of aliphatic hydroxyl groups is 1. The number of rotatable bonds is 13. The molecule has 0 aliphatic carbocycles. The average molecular weight is 496 g/mol. The Morgan fingerprint density at radius 2 is 2.00 bits per heavy atom. The van der Waals surface area contributed by atoms with E-state index in [-0.39, 0.29) is 12.4 Å². The molecule has 15 nitrogen and oxygen atoms in total. The van der Waals surface area contributed by atoms with Crippen LogP contribution in [0.1, 0.15) is 31.4 Å². The van der Waals surface area contributed by atoms with Crippen molar-refractivity contribution in [3.8, 4) is 0 Å². The van der Waals surface area contributed by atoms with E-state index < -0.39 is 54.5 Å². The van der Waals surface area contributed by atoms with Gasteiger partial charge in [0.25, 0.3) is 0 Å². The van der Waals surface area contributed by atoms with Gasteiger partial charge in [-0.15, -0.1) is 0 Å². The summed E-state index contributed by atoms with van der Waals surface area (Å²) in [6.07, 6.45) is 4.43. The zero-order valence-corrected chi connectivity index (χ0v) is 19.2. The quantitative estimate of drug-likeness (QED) is 0.0756. The van der Waals surface area contributed by atoms with Crippen molar-refractivity contribution in [2.45, 2.75) is 56.3 Å². The molecule has 2 rings (SSSR count). The third kappa shape index (κ3) is 8.22. The minimum atomic E-state index is -1.41. The number of aromatic amines is 1. The van der Waals surface area contributed by atoms with Gasteiger partial charge in [0.15, 0.2) is 5.96 Å². The van der Waals surface area contributed by atoms with Crippen molar-refractivity contribution < 1.29 is 29.4 Å². The highest BCUT2D eigenvalue weighted by atomic mass is 16.4. The number of nitrogens with one attached hydrogen (secondary N) is 3. The van der Waals surface area contributed by atoms with Crippen molar-refractivity contribution in [1.29, 1.82) is 0 Å². The van der Waals surface area contributed by atoms with E-state index in [1.54, 1.807) is 0 Å². The zero-order chi connectivity index (χ0) is 26.0. The van der Waals surface area contributed by atoms with Crippen LogP contribution in [0.5, 0.6) is 0 Å². The fraction of sp³-hybridized carbons (Fsp3) is 0.600. The lowest BCUT2D eigenvalue weighted by molar-refractivity contribution is -0.143. The van der Waals surface area contributed by atoms with Gasteiger partial charge in [-0.05, 0) is 25.7 Å². The maximum atomic E-state index is 12.9. The molecule has 1 aromatic heterocycles. The summed E-state index contributed by atoms with van der Waals surface area (Å²) in [7, 11) is 0. The van der Waals surface area contributed by atoms with Gasteiger partial charge in [-0.2, -0.15) is 0 Å². The summed E-state index contributed by atoms with van der Waals surface area (Å²) >= 11 is 0. The second kappa shape index (κ2) is 13.2. The minimum absolute atomic E-state index is 0.0559. The van der Waals surface area contributed by atoms with Crippen molar-refractivity contribution in [2.24, 2.45) is 22.2 Å². The van der Waals surface area contributed by atoms with Crippen LogP contribution < -0.4 is 27.8 Å². The number of aliphatic carboxylic acids is 1. The Kier molecular flexibility index (Phi) is 10.4. The highest BCUT2D eigenvalue weighted by molar-refractivity contribution is 5.94. The van der Waals surface area contributed by atoms with Crippen molar-refractivity contribution in [3.05, 3.63) is 18.2 Å². The van der Waals surface area contributed by atoms with Crippen molar-refractivity contribution in [2.75, 3.05) is 19.7 Å². The molecular weight excluding hydrogens is 462 g/mol. The lowest BCUT2D eigenvalue weighted by Gasteiger charge is -2.28. The van der Waals surface area contributed by atoms with Crippen LogP contribution in [0.2, 0.25) is 0 Å². The Morgan fingerprint density at radius 3 is 2.60 bits per heavy atom. The number of carbonyl (C=O) groups is 4. The third-order valence-electron chi connectivity index (χ3n) is 5.53. The second-order valence-corrected chi connectivity index (χ2v) is 8.17. The van der Waals surface area contributed by atoms with Crippen LogP contribution in [0.15, 0.2) is 17.5 Å². The summed E-state index contributed by atoms with van der Waals surface area (Å²) in [4.78, 5) is 61.5. The molecule has 15 heteroatoms. The number of carboxylic acids is 1. The van der Waals surface area contributed by atoms with E-state index in [9.17, 15) is 29.4 Å². The second-order valence-electron chi connectivity index (χ2n) is 8.17. The van der Waals surface area contributed by atoms with Gasteiger partial charge in [-0.25, -0.2) is 9.78 Å². The first kappa shape index (κ1) is 27.5. The molecule has 4 unspecified atom stereocenters. The van der Waals surface area contributed by atoms with Crippen LogP contribution in [-0.4, -0.2) is 98.6 Å². The zero-order valence-electron chi connectivity index (χ0n) is 19.2. The highest BCUT2D eigenvalue weighted by Crippen LogP contribution is 2.19. The van der Waals surface area contributed by atoms with E-state index in [1.165, 1.54) is 17.4 Å². The fourth-order valence-corrected chi connectivity index (χ4v) is 3.71. The number of carboxylic acid groups (broad SMARTS) is 1. The van der Waals surface area contributed by atoms with Gasteiger partial charge in [0, 0.05) is 31.4 Å². The molecule has 2 heterocycles. The molecule has 1 saturated heterocycles. The number of nitrogens with two attached hydrogens (primary N) is 3. The maximum absolute atomic E-state index is 12.9. The highest BCUT2D eigenvalue weighted by Gasteiger charge is 2.37. The van der Waals surface area contributed by atoms with Crippen LogP contribution in [0.3, 0.4) is 0 Å². The topological polar surface area (TPSA) is 255 Å². The first-order valence-electron chi connectivity index (χ1n) is 11.2. The number of hydrogen-bond donors (Lipinski definition) is 8. The fourth-order valence-electron chi connectivity index (χ4n) is 3.71. The van der Waals surface area contributed by atoms with E-state index in [4.69, 9.17) is 17.2 Å². The number of guanidine groups is 1. The number of amides is 3. The third-order valence-corrected chi connectivity index (χ3v) is 5.53. The molecule has 1 aliphatic rings. The number of carbonyl (C=O) groups excluding carboxylic acids is 3. The molecule has 0 bridgehead atoms. The molecule has 0 aromatic carbocycles. The number of hydrogen-bond acceptors (Lipinski definition) is 8. The van der Waals surface area contributed by atoms with Crippen molar-refractivity contribution in [3.63, 3.8) is 0 Å². The average Bonchev–Trinajstić information content (AvgIpc) is 3.51. The molecule has 1 fully saturated rings. The Balaban J connectivity index is 1.95. The summed E-state index contributed by atoms with van der Waals surface area (Å²) in [6, 6.07) is -4.44. The number of likely N-dealkylation sites (tertiary alicyclic amines) is 1. The van der Waals surface area contributed by atoms with Gasteiger partial charge in [0.05, 0.1) is 19.0 Å². The van der Waals surface area contributed by atoms with Gasteiger partial charge in [0.1, 0.15) is 18.1 Å².